The summed E-state index contributed by atoms with van der Waals surface area (Å²) in [4.78, 5) is 13.9. The van der Waals surface area contributed by atoms with Crippen LogP contribution in [0.4, 0.5) is 0 Å². The Bertz CT molecular complexity index is 223. The van der Waals surface area contributed by atoms with Crippen molar-refractivity contribution in [1.29, 1.82) is 0 Å². The van der Waals surface area contributed by atoms with E-state index in [0.29, 0.717) is 13.2 Å². The van der Waals surface area contributed by atoms with E-state index >= 15 is 0 Å². The molecule has 2 atom stereocenters. The molecule has 0 saturated carbocycles. The first-order valence-corrected chi connectivity index (χ1v) is 5.91. The van der Waals surface area contributed by atoms with E-state index in [2.05, 4.69) is 10.2 Å². The van der Waals surface area contributed by atoms with E-state index in [1.54, 1.807) is 7.11 Å². The van der Waals surface area contributed by atoms with Gasteiger partial charge in [0, 0.05) is 26.2 Å². The summed E-state index contributed by atoms with van der Waals surface area (Å²) in [6.45, 7) is 4.84. The van der Waals surface area contributed by atoms with E-state index in [9.17, 15) is 4.79 Å². The van der Waals surface area contributed by atoms with Crippen molar-refractivity contribution in [3.63, 3.8) is 0 Å². The molecule has 2 unspecified atom stereocenters. The first kappa shape index (κ1) is 13.4. The van der Waals surface area contributed by atoms with Crippen LogP contribution < -0.4 is 11.1 Å². The molecule has 0 aromatic heterocycles. The summed E-state index contributed by atoms with van der Waals surface area (Å²) in [6, 6.07) is 0.117. The average molecular weight is 229 g/mol. The number of hydrogen-bond acceptors (Lipinski definition) is 4. The third kappa shape index (κ3) is 4.08. The van der Waals surface area contributed by atoms with Gasteiger partial charge in [-0.25, -0.2) is 0 Å². The van der Waals surface area contributed by atoms with Crippen molar-refractivity contribution in [2.75, 3.05) is 33.4 Å². The van der Waals surface area contributed by atoms with Gasteiger partial charge in [0.2, 0.25) is 5.91 Å². The molecule has 0 radical (unpaired) electrons. The van der Waals surface area contributed by atoms with Crippen molar-refractivity contribution in [3.8, 4) is 0 Å². The van der Waals surface area contributed by atoms with E-state index in [1.807, 2.05) is 6.92 Å². The molecule has 94 valence electrons. The van der Waals surface area contributed by atoms with Gasteiger partial charge in [-0.3, -0.25) is 9.69 Å². The molecule has 1 fully saturated rings. The first-order valence-electron chi connectivity index (χ1n) is 5.91. The van der Waals surface area contributed by atoms with E-state index in [4.69, 9.17) is 10.5 Å². The first-order chi connectivity index (χ1) is 7.65. The van der Waals surface area contributed by atoms with Crippen LogP contribution in [0.1, 0.15) is 19.8 Å². The van der Waals surface area contributed by atoms with Gasteiger partial charge in [0.15, 0.2) is 0 Å². The van der Waals surface area contributed by atoms with Crippen LogP contribution in [0.5, 0.6) is 0 Å². The van der Waals surface area contributed by atoms with E-state index in [-0.39, 0.29) is 18.0 Å². The van der Waals surface area contributed by atoms with Crippen molar-refractivity contribution in [2.24, 2.45) is 5.73 Å². The second kappa shape index (κ2) is 6.83. The molecule has 1 saturated heterocycles. The zero-order valence-corrected chi connectivity index (χ0v) is 10.2. The molecular formula is C11H23N3O2. The lowest BCUT2D eigenvalue weighted by molar-refractivity contribution is -0.126. The average Bonchev–Trinajstić information content (AvgIpc) is 2.28. The van der Waals surface area contributed by atoms with Crippen molar-refractivity contribution in [2.45, 2.75) is 31.8 Å². The van der Waals surface area contributed by atoms with Gasteiger partial charge in [-0.1, -0.05) is 0 Å². The molecule has 0 spiro atoms. The number of hydrogen-bond donors (Lipinski definition) is 2. The molecule has 0 aromatic carbocycles. The quantitative estimate of drug-likeness (QED) is 0.627. The van der Waals surface area contributed by atoms with Gasteiger partial charge in [-0.2, -0.15) is 0 Å². The monoisotopic (exact) mass is 229 g/mol. The maximum atomic E-state index is 11.8. The Kier molecular flexibility index (Phi) is 5.73. The Morgan fingerprint density at radius 3 is 3.06 bits per heavy atom. The van der Waals surface area contributed by atoms with Gasteiger partial charge in [0.05, 0.1) is 12.6 Å². The molecule has 0 aromatic rings. The number of methoxy groups -OCH3 is 1. The Morgan fingerprint density at radius 1 is 1.69 bits per heavy atom. The zero-order chi connectivity index (χ0) is 12.0. The number of likely N-dealkylation sites (tertiary alicyclic amines) is 1. The summed E-state index contributed by atoms with van der Waals surface area (Å²) in [5, 5.41) is 2.85. The normalized spacial score (nSPS) is 24.1. The predicted octanol–water partition coefficient (Wildman–Crippen LogP) is -0.439. The fourth-order valence-electron chi connectivity index (χ4n) is 1.98. The van der Waals surface area contributed by atoms with Crippen LogP contribution in [-0.2, 0) is 9.53 Å². The molecule has 3 N–H and O–H groups in total. The molecule has 5 nitrogen and oxygen atoms in total. The Morgan fingerprint density at radius 2 is 2.44 bits per heavy atom. The van der Waals surface area contributed by atoms with Gasteiger partial charge in [-0.05, 0) is 26.3 Å². The van der Waals surface area contributed by atoms with Gasteiger partial charge < -0.3 is 15.8 Å². The van der Waals surface area contributed by atoms with Gasteiger partial charge in [0.1, 0.15) is 0 Å². The summed E-state index contributed by atoms with van der Waals surface area (Å²) in [7, 11) is 1.62. The highest BCUT2D eigenvalue weighted by Gasteiger charge is 2.25. The highest BCUT2D eigenvalue weighted by molar-refractivity contribution is 5.81. The van der Waals surface area contributed by atoms with E-state index < -0.39 is 0 Å². The Hall–Kier alpha value is -0.650. The summed E-state index contributed by atoms with van der Waals surface area (Å²) in [6.07, 6.45) is 2.14. The number of carbonyl (C=O) groups excluding carboxylic acids is 1. The van der Waals surface area contributed by atoms with Crippen molar-refractivity contribution < 1.29 is 9.53 Å². The van der Waals surface area contributed by atoms with E-state index in [1.165, 1.54) is 0 Å². The van der Waals surface area contributed by atoms with Crippen LogP contribution in [-0.4, -0.2) is 56.2 Å². The molecule has 1 heterocycles. The van der Waals surface area contributed by atoms with Crippen LogP contribution in [0.2, 0.25) is 0 Å². The fourth-order valence-corrected chi connectivity index (χ4v) is 1.98. The van der Waals surface area contributed by atoms with Crippen LogP contribution in [0.15, 0.2) is 0 Å². The predicted molar refractivity (Wildman–Crippen MR) is 63.1 cm³/mol. The second-order valence-corrected chi connectivity index (χ2v) is 4.36. The second-order valence-electron chi connectivity index (χ2n) is 4.36. The smallest absolute Gasteiger partial charge is 0.237 e. The SMILES string of the molecule is COCCNC(=O)C(C)N1CCCC(N)C1. The molecule has 0 bridgehead atoms. The van der Waals surface area contributed by atoms with E-state index in [0.717, 1.165) is 25.9 Å². The summed E-state index contributed by atoms with van der Waals surface area (Å²) >= 11 is 0. The lowest BCUT2D eigenvalue weighted by atomic mass is 10.0. The number of piperidine rings is 1. The summed E-state index contributed by atoms with van der Waals surface area (Å²) < 4.78 is 4.89. The Labute approximate surface area is 97.3 Å². The van der Waals surface area contributed by atoms with Crippen molar-refractivity contribution in [3.05, 3.63) is 0 Å². The number of carbonyl (C=O) groups is 1. The lowest BCUT2D eigenvalue weighted by Crippen LogP contribution is -2.52. The van der Waals surface area contributed by atoms with Gasteiger partial charge >= 0.3 is 0 Å². The zero-order valence-electron chi connectivity index (χ0n) is 10.2. The summed E-state index contributed by atoms with van der Waals surface area (Å²) in [5.41, 5.74) is 5.89. The molecule has 1 rings (SSSR count). The number of nitrogens with one attached hydrogen (secondary N) is 1. The summed E-state index contributed by atoms with van der Waals surface area (Å²) in [5.74, 6) is 0.0613. The molecule has 0 aliphatic carbocycles. The van der Waals surface area contributed by atoms with Crippen molar-refractivity contribution in [1.82, 2.24) is 10.2 Å². The maximum Gasteiger partial charge on any atom is 0.237 e. The van der Waals surface area contributed by atoms with Crippen LogP contribution in [0.3, 0.4) is 0 Å². The number of ether oxygens (including phenoxy) is 1. The van der Waals surface area contributed by atoms with Gasteiger partial charge in [-0.15, -0.1) is 0 Å². The van der Waals surface area contributed by atoms with Crippen LogP contribution in [0, 0.1) is 0 Å². The molecule has 16 heavy (non-hydrogen) atoms. The third-order valence-corrected chi connectivity index (χ3v) is 3.02. The van der Waals surface area contributed by atoms with Crippen molar-refractivity contribution >= 4 is 5.91 Å². The number of rotatable bonds is 5. The topological polar surface area (TPSA) is 67.6 Å². The number of amides is 1. The number of nitrogens with zero attached hydrogens (tertiary/aromatic N) is 1. The largest absolute Gasteiger partial charge is 0.383 e. The highest BCUT2D eigenvalue weighted by Crippen LogP contribution is 2.11. The minimum atomic E-state index is -0.0943. The van der Waals surface area contributed by atoms with Crippen LogP contribution in [0.25, 0.3) is 0 Å². The molecule has 1 aliphatic rings. The highest BCUT2D eigenvalue weighted by atomic mass is 16.5. The van der Waals surface area contributed by atoms with Crippen LogP contribution >= 0.6 is 0 Å². The third-order valence-electron chi connectivity index (χ3n) is 3.02. The molecule has 1 amide bonds. The number of nitrogens with two attached hydrogens (primary N) is 1. The molecule has 1 aliphatic heterocycles. The van der Waals surface area contributed by atoms with Gasteiger partial charge in [0.25, 0.3) is 0 Å². The lowest BCUT2D eigenvalue weighted by Gasteiger charge is -2.34. The maximum absolute atomic E-state index is 11.8. The Balaban J connectivity index is 2.31. The minimum absolute atomic E-state index is 0.0613. The minimum Gasteiger partial charge on any atom is -0.383 e. The standard InChI is InChI=1S/C11H23N3O2/c1-9(11(15)13-5-7-16-2)14-6-3-4-10(12)8-14/h9-10H,3-8,12H2,1-2H3,(H,13,15). The molecule has 5 heteroatoms. The fraction of sp³-hybridized carbons (Fsp3) is 0.909. The molecular weight excluding hydrogens is 206 g/mol.